The average molecular weight is 335 g/mol. The minimum atomic E-state index is 0. The Hall–Kier alpha value is -0.680. The first-order chi connectivity index (χ1) is 9.29. The highest BCUT2D eigenvalue weighted by Gasteiger charge is 2.38. The number of ether oxygens (including phenoxy) is 1. The molecule has 1 aliphatic heterocycles. The molecular formula is C15H24Cl2N2O2. The maximum Gasteiger partial charge on any atom is 0.127 e. The van der Waals surface area contributed by atoms with Crippen molar-refractivity contribution in [2.24, 2.45) is 5.92 Å². The summed E-state index contributed by atoms with van der Waals surface area (Å²) in [5, 5.41) is 13.0. The highest BCUT2D eigenvalue weighted by molar-refractivity contribution is 5.85. The van der Waals surface area contributed by atoms with Crippen LogP contribution in [-0.4, -0.2) is 43.3 Å². The maximum absolute atomic E-state index is 9.61. The Morgan fingerprint density at radius 2 is 1.90 bits per heavy atom. The van der Waals surface area contributed by atoms with Gasteiger partial charge in [-0.25, -0.2) is 0 Å². The molecule has 1 saturated heterocycles. The summed E-state index contributed by atoms with van der Waals surface area (Å²) in [5.41, 5.74) is 1.23. The van der Waals surface area contributed by atoms with Gasteiger partial charge in [-0.1, -0.05) is 6.07 Å². The molecule has 4 nitrogen and oxygen atoms in total. The van der Waals surface area contributed by atoms with Crippen molar-refractivity contribution < 1.29 is 9.84 Å². The van der Waals surface area contributed by atoms with Crippen molar-refractivity contribution in [1.29, 1.82) is 0 Å². The molecule has 120 valence electrons. The number of phenols is 1. The molecule has 2 fully saturated rings. The standard InChI is InChI=1S/C15H22N2O2.2ClH/c1-19-14-10-12(18)4-5-13(14)15(11-2-3-11)17-8-6-16-7-9-17;;/h4-5,10-11,15-16,18H,2-3,6-9H2,1H3;2*1H/t15-;;/m1../s1. The molecule has 0 aromatic heterocycles. The normalized spacial score (nSPS) is 20.0. The fourth-order valence-electron chi connectivity index (χ4n) is 3.07. The minimum Gasteiger partial charge on any atom is -0.508 e. The van der Waals surface area contributed by atoms with Crippen LogP contribution < -0.4 is 10.1 Å². The summed E-state index contributed by atoms with van der Waals surface area (Å²) in [6, 6.07) is 5.97. The van der Waals surface area contributed by atoms with Crippen LogP contribution in [0.3, 0.4) is 0 Å². The van der Waals surface area contributed by atoms with Gasteiger partial charge in [-0.3, -0.25) is 4.90 Å². The van der Waals surface area contributed by atoms with E-state index in [1.165, 1.54) is 18.4 Å². The number of halogens is 2. The number of nitrogens with zero attached hydrogens (tertiary/aromatic N) is 1. The van der Waals surface area contributed by atoms with E-state index in [1.807, 2.05) is 6.07 Å². The first kappa shape index (κ1) is 18.4. The molecule has 0 radical (unpaired) electrons. The average Bonchev–Trinajstić information content (AvgIpc) is 3.26. The lowest BCUT2D eigenvalue weighted by Crippen LogP contribution is -2.45. The molecule has 1 aromatic rings. The smallest absolute Gasteiger partial charge is 0.127 e. The van der Waals surface area contributed by atoms with Crippen LogP contribution in [0.1, 0.15) is 24.4 Å². The van der Waals surface area contributed by atoms with E-state index in [9.17, 15) is 5.11 Å². The SMILES string of the molecule is COc1cc(O)ccc1[C@@H](C1CC1)N1CCNCC1.Cl.Cl. The van der Waals surface area contributed by atoms with Gasteiger partial charge in [0, 0.05) is 43.9 Å². The lowest BCUT2D eigenvalue weighted by atomic mass is 9.98. The van der Waals surface area contributed by atoms with Gasteiger partial charge in [0.15, 0.2) is 0 Å². The zero-order valence-corrected chi connectivity index (χ0v) is 13.9. The van der Waals surface area contributed by atoms with Crippen LogP contribution >= 0.6 is 24.8 Å². The van der Waals surface area contributed by atoms with E-state index in [2.05, 4.69) is 10.2 Å². The van der Waals surface area contributed by atoms with E-state index in [-0.39, 0.29) is 30.6 Å². The highest BCUT2D eigenvalue weighted by Crippen LogP contribution is 2.47. The van der Waals surface area contributed by atoms with Crippen molar-refractivity contribution in [3.05, 3.63) is 23.8 Å². The Balaban J connectivity index is 0.00000110. The molecule has 1 aromatic carbocycles. The van der Waals surface area contributed by atoms with Crippen molar-refractivity contribution in [1.82, 2.24) is 10.2 Å². The molecule has 0 amide bonds. The first-order valence-corrected chi connectivity index (χ1v) is 7.11. The van der Waals surface area contributed by atoms with Crippen LogP contribution in [0.4, 0.5) is 0 Å². The number of aromatic hydroxyl groups is 1. The van der Waals surface area contributed by atoms with Crippen LogP contribution in [0.25, 0.3) is 0 Å². The van der Waals surface area contributed by atoms with Crippen molar-refractivity contribution in [2.75, 3.05) is 33.3 Å². The quantitative estimate of drug-likeness (QED) is 0.888. The van der Waals surface area contributed by atoms with Gasteiger partial charge in [-0.2, -0.15) is 0 Å². The van der Waals surface area contributed by atoms with Gasteiger partial charge in [-0.15, -0.1) is 24.8 Å². The minimum absolute atomic E-state index is 0. The number of benzene rings is 1. The van der Waals surface area contributed by atoms with Gasteiger partial charge in [0.25, 0.3) is 0 Å². The maximum atomic E-state index is 9.61. The topological polar surface area (TPSA) is 44.7 Å². The van der Waals surface area contributed by atoms with Crippen LogP contribution in [0, 0.1) is 5.92 Å². The van der Waals surface area contributed by atoms with Crippen molar-refractivity contribution in [3.63, 3.8) is 0 Å². The van der Waals surface area contributed by atoms with E-state index in [0.29, 0.717) is 6.04 Å². The second-order valence-electron chi connectivity index (χ2n) is 5.49. The second kappa shape index (κ2) is 8.08. The number of nitrogens with one attached hydrogen (secondary N) is 1. The third-order valence-electron chi connectivity index (χ3n) is 4.15. The Morgan fingerprint density at radius 1 is 1.24 bits per heavy atom. The third-order valence-corrected chi connectivity index (χ3v) is 4.15. The molecule has 0 unspecified atom stereocenters. The zero-order valence-electron chi connectivity index (χ0n) is 12.2. The molecular weight excluding hydrogens is 311 g/mol. The molecule has 1 heterocycles. The van der Waals surface area contributed by atoms with Gasteiger partial charge >= 0.3 is 0 Å². The summed E-state index contributed by atoms with van der Waals surface area (Å²) < 4.78 is 5.47. The number of piperazine rings is 1. The summed E-state index contributed by atoms with van der Waals surface area (Å²) >= 11 is 0. The fraction of sp³-hybridized carbons (Fsp3) is 0.600. The summed E-state index contributed by atoms with van der Waals surface area (Å²) in [6.07, 6.45) is 2.61. The summed E-state index contributed by atoms with van der Waals surface area (Å²) in [6.45, 7) is 4.30. The highest BCUT2D eigenvalue weighted by atomic mass is 35.5. The third kappa shape index (κ3) is 4.16. The monoisotopic (exact) mass is 334 g/mol. The molecule has 1 atom stereocenters. The molecule has 21 heavy (non-hydrogen) atoms. The summed E-state index contributed by atoms with van der Waals surface area (Å²) in [5.74, 6) is 1.84. The van der Waals surface area contributed by atoms with Crippen molar-refractivity contribution >= 4 is 24.8 Å². The van der Waals surface area contributed by atoms with E-state index in [0.717, 1.165) is 37.8 Å². The Labute approximate surface area is 138 Å². The fourth-order valence-corrected chi connectivity index (χ4v) is 3.07. The largest absolute Gasteiger partial charge is 0.508 e. The molecule has 0 spiro atoms. The van der Waals surface area contributed by atoms with Gasteiger partial charge in [-0.05, 0) is 24.8 Å². The predicted octanol–water partition coefficient (Wildman–Crippen LogP) is 2.60. The number of hydrogen-bond donors (Lipinski definition) is 2. The van der Waals surface area contributed by atoms with Crippen LogP contribution in [0.5, 0.6) is 11.5 Å². The number of methoxy groups -OCH3 is 1. The van der Waals surface area contributed by atoms with E-state index >= 15 is 0 Å². The molecule has 6 heteroatoms. The molecule has 3 rings (SSSR count). The van der Waals surface area contributed by atoms with Crippen LogP contribution in [0.15, 0.2) is 18.2 Å². The second-order valence-corrected chi connectivity index (χ2v) is 5.49. The lowest BCUT2D eigenvalue weighted by molar-refractivity contribution is 0.153. The van der Waals surface area contributed by atoms with Crippen LogP contribution in [0.2, 0.25) is 0 Å². The van der Waals surface area contributed by atoms with Gasteiger partial charge in [0.1, 0.15) is 11.5 Å². The molecule has 2 N–H and O–H groups in total. The van der Waals surface area contributed by atoms with E-state index in [4.69, 9.17) is 4.74 Å². The lowest BCUT2D eigenvalue weighted by Gasteiger charge is -2.36. The molecule has 0 bridgehead atoms. The molecule has 1 saturated carbocycles. The Kier molecular flexibility index (Phi) is 7.07. The Bertz CT molecular complexity index is 449. The number of rotatable bonds is 4. The predicted molar refractivity (Wildman–Crippen MR) is 89.1 cm³/mol. The van der Waals surface area contributed by atoms with E-state index < -0.39 is 0 Å². The Morgan fingerprint density at radius 3 is 2.48 bits per heavy atom. The van der Waals surface area contributed by atoms with E-state index in [1.54, 1.807) is 19.2 Å². The van der Waals surface area contributed by atoms with Crippen molar-refractivity contribution in [2.45, 2.75) is 18.9 Å². The van der Waals surface area contributed by atoms with Gasteiger partial charge in [0.05, 0.1) is 7.11 Å². The molecule has 2 aliphatic rings. The zero-order chi connectivity index (χ0) is 13.2. The summed E-state index contributed by atoms with van der Waals surface area (Å²) in [7, 11) is 1.68. The first-order valence-electron chi connectivity index (χ1n) is 7.11. The van der Waals surface area contributed by atoms with Gasteiger partial charge < -0.3 is 15.2 Å². The number of hydrogen-bond acceptors (Lipinski definition) is 4. The van der Waals surface area contributed by atoms with Gasteiger partial charge in [0.2, 0.25) is 0 Å². The molecule has 1 aliphatic carbocycles. The number of phenolic OH excluding ortho intramolecular Hbond substituents is 1. The van der Waals surface area contributed by atoms with Crippen LogP contribution in [-0.2, 0) is 0 Å². The summed E-state index contributed by atoms with van der Waals surface area (Å²) in [4.78, 5) is 2.56. The van der Waals surface area contributed by atoms with Crippen molar-refractivity contribution in [3.8, 4) is 11.5 Å².